The van der Waals surface area contributed by atoms with Gasteiger partial charge in [0, 0.05) is 27.7 Å². The predicted octanol–water partition coefficient (Wildman–Crippen LogP) is 6.21. The Labute approximate surface area is 225 Å². The van der Waals surface area contributed by atoms with E-state index in [1.54, 1.807) is 41.3 Å². The van der Waals surface area contributed by atoms with E-state index < -0.39 is 17.9 Å². The van der Waals surface area contributed by atoms with Crippen LogP contribution in [0, 0.1) is 0 Å². The molecule has 192 valence electrons. The number of nitrogens with zero attached hydrogens (tertiary/aromatic N) is 1. The van der Waals surface area contributed by atoms with E-state index in [0.29, 0.717) is 45.5 Å². The number of ether oxygens (including phenoxy) is 1. The molecule has 0 bridgehead atoms. The van der Waals surface area contributed by atoms with Gasteiger partial charge in [-0.1, -0.05) is 72.4 Å². The second-order valence-electron chi connectivity index (χ2n) is 9.68. The lowest BCUT2D eigenvalue weighted by molar-refractivity contribution is -0.141. The predicted molar refractivity (Wildman–Crippen MR) is 143 cm³/mol. The summed E-state index contributed by atoms with van der Waals surface area (Å²) < 4.78 is 5.98. The lowest BCUT2D eigenvalue weighted by Crippen LogP contribution is -2.56. The van der Waals surface area contributed by atoms with E-state index in [1.807, 2.05) is 30.3 Å². The standard InChI is InChI=1S/C29H28Cl2N2O4/c30-18-10-12-21(23(31)14-18)27-26(29(35)36)22-15-19(37-16-17-6-2-1-3-7-17)11-13-20(22)28(34)33(27)25-9-5-4-8-24(25)32/h1-3,6-7,10-15,24-27H,4-5,8-9,16,32H2,(H,35,36)/t24-,25-,26+,27-/m0/s1. The quantitative estimate of drug-likeness (QED) is 0.389. The highest BCUT2D eigenvalue weighted by Crippen LogP contribution is 2.48. The number of carboxylic acids is 1. The van der Waals surface area contributed by atoms with Crippen LogP contribution in [0.4, 0.5) is 0 Å². The zero-order chi connectivity index (χ0) is 26.1. The molecule has 1 saturated carbocycles. The highest BCUT2D eigenvalue weighted by molar-refractivity contribution is 6.35. The molecule has 1 amide bonds. The van der Waals surface area contributed by atoms with Crippen LogP contribution in [0.2, 0.25) is 10.0 Å². The zero-order valence-electron chi connectivity index (χ0n) is 20.1. The fourth-order valence-electron chi connectivity index (χ4n) is 5.60. The average Bonchev–Trinajstić information content (AvgIpc) is 2.88. The number of halogens is 2. The first-order chi connectivity index (χ1) is 17.8. The van der Waals surface area contributed by atoms with Crippen molar-refractivity contribution in [2.75, 3.05) is 0 Å². The average molecular weight is 539 g/mol. The fraction of sp³-hybridized carbons (Fsp3) is 0.310. The number of nitrogens with two attached hydrogens (primary N) is 1. The highest BCUT2D eigenvalue weighted by atomic mass is 35.5. The van der Waals surface area contributed by atoms with E-state index in [1.165, 1.54) is 0 Å². The molecular weight excluding hydrogens is 511 g/mol. The molecule has 1 aliphatic heterocycles. The number of aliphatic carboxylic acids is 1. The summed E-state index contributed by atoms with van der Waals surface area (Å²) in [6.45, 7) is 0.320. The maximum Gasteiger partial charge on any atom is 0.313 e. The Morgan fingerprint density at radius 3 is 2.46 bits per heavy atom. The second-order valence-corrected chi connectivity index (χ2v) is 10.5. The van der Waals surface area contributed by atoms with E-state index in [4.69, 9.17) is 33.7 Å². The molecule has 5 rings (SSSR count). The highest BCUT2D eigenvalue weighted by Gasteiger charge is 2.49. The normalized spacial score (nSPS) is 23.4. The van der Waals surface area contributed by atoms with Crippen LogP contribution in [0.5, 0.6) is 5.75 Å². The molecule has 1 aliphatic carbocycles. The van der Waals surface area contributed by atoms with E-state index in [-0.39, 0.29) is 18.0 Å². The first-order valence-corrected chi connectivity index (χ1v) is 13.2. The number of carbonyl (C=O) groups is 2. The monoisotopic (exact) mass is 538 g/mol. The molecule has 37 heavy (non-hydrogen) atoms. The van der Waals surface area contributed by atoms with Gasteiger partial charge in [0.05, 0.1) is 6.04 Å². The van der Waals surface area contributed by atoms with Crippen molar-refractivity contribution in [3.8, 4) is 5.75 Å². The number of rotatable bonds is 6. The molecule has 1 heterocycles. The van der Waals surface area contributed by atoms with E-state index in [2.05, 4.69) is 0 Å². The number of carbonyl (C=O) groups excluding carboxylic acids is 1. The number of hydrogen-bond donors (Lipinski definition) is 2. The van der Waals surface area contributed by atoms with Crippen molar-refractivity contribution in [1.29, 1.82) is 0 Å². The first-order valence-electron chi connectivity index (χ1n) is 12.4. The summed E-state index contributed by atoms with van der Waals surface area (Å²) >= 11 is 12.8. The van der Waals surface area contributed by atoms with Gasteiger partial charge in [0.15, 0.2) is 0 Å². The third kappa shape index (κ3) is 5.06. The van der Waals surface area contributed by atoms with Gasteiger partial charge >= 0.3 is 5.97 Å². The molecule has 0 spiro atoms. The largest absolute Gasteiger partial charge is 0.489 e. The van der Waals surface area contributed by atoms with Gasteiger partial charge in [0.2, 0.25) is 0 Å². The molecule has 3 aromatic rings. The van der Waals surface area contributed by atoms with Gasteiger partial charge in [0.25, 0.3) is 5.91 Å². The molecule has 3 aromatic carbocycles. The van der Waals surface area contributed by atoms with Crippen molar-refractivity contribution in [2.45, 2.75) is 56.3 Å². The molecule has 0 unspecified atom stereocenters. The minimum Gasteiger partial charge on any atom is -0.489 e. The van der Waals surface area contributed by atoms with Crippen LogP contribution in [0.25, 0.3) is 0 Å². The molecule has 8 heteroatoms. The van der Waals surface area contributed by atoms with Crippen LogP contribution in [0.1, 0.15) is 64.7 Å². The van der Waals surface area contributed by atoms with E-state index in [0.717, 1.165) is 24.8 Å². The third-order valence-electron chi connectivity index (χ3n) is 7.37. The summed E-state index contributed by atoms with van der Waals surface area (Å²) in [5.74, 6) is -1.88. The summed E-state index contributed by atoms with van der Waals surface area (Å²) in [5.41, 5.74) is 8.78. The lowest BCUT2D eigenvalue weighted by Gasteiger charge is -2.48. The molecular formula is C29H28Cl2N2O4. The Kier molecular flexibility index (Phi) is 7.43. The second kappa shape index (κ2) is 10.7. The summed E-state index contributed by atoms with van der Waals surface area (Å²) in [4.78, 5) is 28.6. The maximum atomic E-state index is 14.0. The lowest BCUT2D eigenvalue weighted by atomic mass is 9.77. The Bertz CT molecular complexity index is 1320. The van der Waals surface area contributed by atoms with Crippen molar-refractivity contribution >= 4 is 35.1 Å². The van der Waals surface area contributed by atoms with Crippen molar-refractivity contribution in [1.82, 2.24) is 4.90 Å². The van der Waals surface area contributed by atoms with Gasteiger partial charge in [-0.05, 0) is 59.9 Å². The van der Waals surface area contributed by atoms with Crippen LogP contribution < -0.4 is 10.5 Å². The van der Waals surface area contributed by atoms with E-state index in [9.17, 15) is 14.7 Å². The van der Waals surface area contributed by atoms with Crippen molar-refractivity contribution < 1.29 is 19.4 Å². The zero-order valence-corrected chi connectivity index (χ0v) is 21.7. The molecule has 2 aliphatic rings. The number of benzene rings is 3. The van der Waals surface area contributed by atoms with Gasteiger partial charge in [-0.25, -0.2) is 0 Å². The van der Waals surface area contributed by atoms with Gasteiger partial charge in [0.1, 0.15) is 18.3 Å². The van der Waals surface area contributed by atoms with E-state index >= 15 is 0 Å². The first kappa shape index (κ1) is 25.6. The fourth-order valence-corrected chi connectivity index (χ4v) is 6.12. The van der Waals surface area contributed by atoms with Gasteiger partial charge in [-0.2, -0.15) is 0 Å². The summed E-state index contributed by atoms with van der Waals surface area (Å²) in [6.07, 6.45) is 3.37. The Hall–Kier alpha value is -3.06. The summed E-state index contributed by atoms with van der Waals surface area (Å²) in [7, 11) is 0. The number of amides is 1. The SMILES string of the molecule is N[C@H]1CCCC[C@@H]1N1C(=O)c2ccc(OCc3ccccc3)cc2[C@@H](C(=O)O)[C@@H]1c1ccc(Cl)cc1Cl. The third-order valence-corrected chi connectivity index (χ3v) is 7.94. The van der Waals surface area contributed by atoms with Crippen LogP contribution >= 0.6 is 23.2 Å². The molecule has 0 saturated heterocycles. The number of hydrogen-bond acceptors (Lipinski definition) is 4. The Morgan fingerprint density at radius 2 is 1.76 bits per heavy atom. The van der Waals surface area contributed by atoms with Crippen LogP contribution in [0.15, 0.2) is 66.7 Å². The van der Waals surface area contributed by atoms with Crippen molar-refractivity contribution in [2.24, 2.45) is 5.73 Å². The van der Waals surface area contributed by atoms with Crippen molar-refractivity contribution in [3.63, 3.8) is 0 Å². The molecule has 3 N–H and O–H groups in total. The smallest absolute Gasteiger partial charge is 0.313 e. The molecule has 0 radical (unpaired) electrons. The van der Waals surface area contributed by atoms with Crippen LogP contribution in [-0.4, -0.2) is 34.0 Å². The Morgan fingerprint density at radius 1 is 1.00 bits per heavy atom. The minimum absolute atomic E-state index is 0.250. The van der Waals surface area contributed by atoms with Gasteiger partial charge in [-0.3, -0.25) is 9.59 Å². The number of carboxylic acid groups (broad SMARTS) is 1. The molecule has 0 aromatic heterocycles. The topological polar surface area (TPSA) is 92.9 Å². The maximum absolute atomic E-state index is 14.0. The van der Waals surface area contributed by atoms with Crippen LogP contribution in [0.3, 0.4) is 0 Å². The molecule has 6 nitrogen and oxygen atoms in total. The Balaban J connectivity index is 1.61. The van der Waals surface area contributed by atoms with Crippen LogP contribution in [-0.2, 0) is 11.4 Å². The van der Waals surface area contributed by atoms with Crippen molar-refractivity contribution in [3.05, 3.63) is 99.0 Å². The molecule has 4 atom stereocenters. The summed E-state index contributed by atoms with van der Waals surface area (Å²) in [5, 5.41) is 11.3. The minimum atomic E-state index is -1.07. The number of fused-ring (bicyclic) bond motifs is 1. The van der Waals surface area contributed by atoms with Gasteiger partial charge in [-0.15, -0.1) is 0 Å². The summed E-state index contributed by atoms with van der Waals surface area (Å²) in [6, 6.07) is 18.3. The van der Waals surface area contributed by atoms with Gasteiger partial charge < -0.3 is 20.5 Å². The molecule has 1 fully saturated rings.